The number of hydrogen-bond acceptors (Lipinski definition) is 1. The molecule has 0 aliphatic carbocycles. The molecule has 0 amide bonds. The van der Waals surface area contributed by atoms with E-state index in [1.54, 1.807) is 24.3 Å². The van der Waals surface area contributed by atoms with Gasteiger partial charge in [-0.1, -0.05) is 176 Å². The van der Waals surface area contributed by atoms with Crippen LogP contribution in [0, 0.1) is 0 Å². The summed E-state index contributed by atoms with van der Waals surface area (Å²) in [7, 11) is 0. The lowest BCUT2D eigenvalue weighted by atomic mass is 9.83. The quantitative estimate of drug-likeness (QED) is 0.167. The highest BCUT2D eigenvalue weighted by Gasteiger charge is 2.21. The van der Waals surface area contributed by atoms with Gasteiger partial charge in [-0.2, -0.15) is 0 Å². The normalized spacial score (nSPS) is 14.2. The molecule has 0 saturated heterocycles. The standard InChI is InChI=1S/C48H30S/c1-2-16-32(17-3-1)45-43-24-10-11-30-44(43)49-48(45)42-29-14-25-34-35(42)26-13-28-37(34)47-40-22-8-6-20-38(40)46(39-21-7-9-23-41(39)47)36-27-12-18-31-15-4-5-19-33(31)36/h1-30H/i1D,2D,3D,6D,7D,8D,9D,16D,17D. The minimum Gasteiger partial charge on any atom is -0.135 e. The fourth-order valence-corrected chi connectivity index (χ4v) is 8.74. The summed E-state index contributed by atoms with van der Waals surface area (Å²) in [5, 5.41) is 7.59. The van der Waals surface area contributed by atoms with Gasteiger partial charge >= 0.3 is 0 Å². The van der Waals surface area contributed by atoms with Crippen molar-refractivity contribution >= 4 is 64.5 Å². The maximum atomic E-state index is 8.97. The molecular weight excluding hydrogens is 609 g/mol. The van der Waals surface area contributed by atoms with E-state index in [4.69, 9.17) is 12.3 Å². The maximum Gasteiger partial charge on any atom is 0.0629 e. The fraction of sp³-hybridized carbons (Fsp3) is 0. The first kappa shape index (κ1) is 20.4. The Kier molecular flexibility index (Phi) is 4.70. The van der Waals surface area contributed by atoms with E-state index in [0.29, 0.717) is 5.56 Å². The van der Waals surface area contributed by atoms with Crippen LogP contribution in [0.1, 0.15) is 12.3 Å². The lowest BCUT2D eigenvalue weighted by Crippen LogP contribution is -1.92. The van der Waals surface area contributed by atoms with Gasteiger partial charge in [0.2, 0.25) is 0 Å². The summed E-state index contributed by atoms with van der Waals surface area (Å²) < 4.78 is 79.6. The molecular formula is C48H30S. The van der Waals surface area contributed by atoms with E-state index in [0.717, 1.165) is 85.9 Å². The zero-order valence-corrected chi connectivity index (χ0v) is 26.8. The number of hydrogen-bond donors (Lipinski definition) is 0. The highest BCUT2D eigenvalue weighted by Crippen LogP contribution is 2.50. The Morgan fingerprint density at radius 2 is 0.837 bits per heavy atom. The van der Waals surface area contributed by atoms with Crippen LogP contribution in [0.5, 0.6) is 0 Å². The minimum absolute atomic E-state index is 0.0645. The zero-order chi connectivity index (χ0) is 40.1. The van der Waals surface area contributed by atoms with Crippen LogP contribution in [0.25, 0.3) is 97.0 Å². The second-order valence-electron chi connectivity index (χ2n) is 12.1. The average molecular weight is 648 g/mol. The predicted octanol–water partition coefficient (Wildman–Crippen LogP) is 14.2. The number of fused-ring (bicyclic) bond motifs is 5. The molecule has 0 aliphatic rings. The van der Waals surface area contributed by atoms with Crippen LogP contribution >= 0.6 is 11.3 Å². The maximum absolute atomic E-state index is 8.97. The Balaban J connectivity index is 1.33. The molecule has 0 saturated carbocycles. The van der Waals surface area contributed by atoms with E-state index in [-0.39, 0.29) is 41.8 Å². The highest BCUT2D eigenvalue weighted by atomic mass is 32.1. The van der Waals surface area contributed by atoms with Crippen molar-refractivity contribution in [2.24, 2.45) is 0 Å². The van der Waals surface area contributed by atoms with Gasteiger partial charge in [0.15, 0.2) is 0 Å². The van der Waals surface area contributed by atoms with Crippen molar-refractivity contribution in [2.45, 2.75) is 0 Å². The monoisotopic (exact) mass is 647 g/mol. The van der Waals surface area contributed by atoms with Gasteiger partial charge in [-0.25, -0.2) is 0 Å². The molecule has 0 bridgehead atoms. The Bertz CT molecular complexity index is 3300. The first-order valence-corrected chi connectivity index (χ1v) is 16.9. The van der Waals surface area contributed by atoms with Crippen LogP contribution in [0.2, 0.25) is 0 Å². The number of rotatable bonds is 4. The molecule has 1 heteroatoms. The summed E-state index contributed by atoms with van der Waals surface area (Å²) in [4.78, 5) is 0.767. The zero-order valence-electron chi connectivity index (χ0n) is 35.0. The van der Waals surface area contributed by atoms with Gasteiger partial charge in [-0.05, 0) is 77.0 Å². The molecule has 1 heterocycles. The van der Waals surface area contributed by atoms with Crippen LogP contribution < -0.4 is 0 Å². The van der Waals surface area contributed by atoms with Crippen molar-refractivity contribution in [3.8, 4) is 43.8 Å². The molecule has 228 valence electrons. The van der Waals surface area contributed by atoms with Crippen LogP contribution in [-0.2, 0) is 0 Å². The molecule has 0 atom stereocenters. The van der Waals surface area contributed by atoms with Crippen molar-refractivity contribution < 1.29 is 12.3 Å². The minimum atomic E-state index is -0.442. The third-order valence-electron chi connectivity index (χ3n) is 9.53. The molecule has 0 nitrogen and oxygen atoms in total. The van der Waals surface area contributed by atoms with Gasteiger partial charge in [0.25, 0.3) is 0 Å². The van der Waals surface area contributed by atoms with Crippen molar-refractivity contribution in [1.29, 1.82) is 0 Å². The second kappa shape index (κ2) is 11.3. The summed E-state index contributed by atoms with van der Waals surface area (Å²) in [5.74, 6) is 0. The van der Waals surface area contributed by atoms with Gasteiger partial charge in [-0.3, -0.25) is 0 Å². The van der Waals surface area contributed by atoms with E-state index in [9.17, 15) is 0 Å². The Morgan fingerprint density at radius 3 is 1.51 bits per heavy atom. The summed E-state index contributed by atoms with van der Waals surface area (Å²) in [6, 6.07) is 39.5. The van der Waals surface area contributed by atoms with Crippen molar-refractivity contribution in [3.63, 3.8) is 0 Å². The SMILES string of the molecule is [2H]c1cc2c(-c3cccc4ccccc34)c3cc([2H])c([2H])cc3c(-c3cccc4c(-c5sc6ccccc6c5-c5c([2H])c([2H])c([2H])c([2H])c5[2H])cccc34)c2cc1[2H]. The first-order valence-electron chi connectivity index (χ1n) is 20.6. The van der Waals surface area contributed by atoms with Crippen molar-refractivity contribution in [3.05, 3.63) is 182 Å². The van der Waals surface area contributed by atoms with Gasteiger partial charge in [0, 0.05) is 26.1 Å². The summed E-state index contributed by atoms with van der Waals surface area (Å²) in [5.41, 5.74) is 4.93. The molecule has 10 aromatic rings. The smallest absolute Gasteiger partial charge is 0.0629 e. The van der Waals surface area contributed by atoms with E-state index < -0.39 is 18.1 Å². The first-order chi connectivity index (χ1) is 28.0. The van der Waals surface area contributed by atoms with Gasteiger partial charge < -0.3 is 0 Å². The second-order valence-corrected chi connectivity index (χ2v) is 13.1. The molecule has 1 aromatic heterocycles. The molecule has 10 rings (SSSR count). The predicted molar refractivity (Wildman–Crippen MR) is 214 cm³/mol. The topological polar surface area (TPSA) is 0 Å². The molecule has 0 spiro atoms. The van der Waals surface area contributed by atoms with E-state index >= 15 is 0 Å². The lowest BCUT2D eigenvalue weighted by molar-refractivity contribution is 1.67. The molecule has 49 heavy (non-hydrogen) atoms. The third kappa shape index (κ3) is 4.37. The van der Waals surface area contributed by atoms with E-state index in [1.165, 1.54) is 11.3 Å². The van der Waals surface area contributed by atoms with Crippen LogP contribution in [0.4, 0.5) is 0 Å². The van der Waals surface area contributed by atoms with Crippen LogP contribution in [0.15, 0.2) is 182 Å². The molecule has 0 aliphatic heterocycles. The molecule has 0 radical (unpaired) electrons. The van der Waals surface area contributed by atoms with Crippen molar-refractivity contribution in [2.75, 3.05) is 0 Å². The molecule has 0 fully saturated rings. The van der Waals surface area contributed by atoms with E-state index in [1.807, 2.05) is 78.9 Å². The van der Waals surface area contributed by atoms with Crippen molar-refractivity contribution in [1.82, 2.24) is 0 Å². The fourth-order valence-electron chi connectivity index (χ4n) is 7.49. The Labute approximate surface area is 301 Å². The number of thiophene rings is 1. The molecule has 0 unspecified atom stereocenters. The Morgan fingerprint density at radius 1 is 0.347 bits per heavy atom. The summed E-state index contributed by atoms with van der Waals surface area (Å²) >= 11 is 1.51. The largest absolute Gasteiger partial charge is 0.135 e. The van der Waals surface area contributed by atoms with E-state index in [2.05, 4.69) is 24.3 Å². The van der Waals surface area contributed by atoms with Crippen LogP contribution in [-0.4, -0.2) is 0 Å². The van der Waals surface area contributed by atoms with Gasteiger partial charge in [0.1, 0.15) is 0 Å². The lowest BCUT2D eigenvalue weighted by Gasteiger charge is -2.20. The third-order valence-corrected chi connectivity index (χ3v) is 10.7. The molecule has 0 N–H and O–H groups in total. The van der Waals surface area contributed by atoms with Crippen LogP contribution in [0.3, 0.4) is 0 Å². The summed E-state index contributed by atoms with van der Waals surface area (Å²) in [6.07, 6.45) is 0. The number of benzene rings is 9. The highest BCUT2D eigenvalue weighted by molar-refractivity contribution is 7.23. The van der Waals surface area contributed by atoms with Gasteiger partial charge in [-0.15, -0.1) is 11.3 Å². The Hall–Kier alpha value is -6.02. The molecule has 9 aromatic carbocycles. The summed E-state index contributed by atoms with van der Waals surface area (Å²) in [6.45, 7) is 0. The van der Waals surface area contributed by atoms with Gasteiger partial charge in [0.05, 0.1) is 12.3 Å². The average Bonchev–Trinajstić information content (AvgIpc) is 3.61.